The van der Waals surface area contributed by atoms with Gasteiger partial charge in [-0.1, -0.05) is 23.7 Å². The predicted molar refractivity (Wildman–Crippen MR) is 86.2 cm³/mol. The lowest BCUT2D eigenvalue weighted by Gasteiger charge is -2.19. The van der Waals surface area contributed by atoms with Crippen molar-refractivity contribution in [2.24, 2.45) is 5.84 Å². The maximum absolute atomic E-state index is 12.5. The Hall–Kier alpha value is -2.04. The molecule has 0 fully saturated rings. The third-order valence-electron chi connectivity index (χ3n) is 3.28. The lowest BCUT2D eigenvalue weighted by atomic mass is 10.1. The Morgan fingerprint density at radius 1 is 1.29 bits per heavy atom. The molecule has 0 bridgehead atoms. The third-order valence-corrected chi connectivity index (χ3v) is 3.51. The summed E-state index contributed by atoms with van der Waals surface area (Å²) < 4.78 is 0. The van der Waals surface area contributed by atoms with E-state index in [-0.39, 0.29) is 5.91 Å². The summed E-state index contributed by atoms with van der Waals surface area (Å²) in [7, 11) is 1.78. The standard InChI is InChI=1S/C16H18ClN3O/c1-11-8-14(19-18)6-7-15(11)16(21)20(2)10-12-4-3-5-13(17)9-12/h3-9,19H,10,18H2,1-2H3. The molecule has 110 valence electrons. The number of amides is 1. The number of nitrogens with zero attached hydrogens (tertiary/aromatic N) is 1. The van der Waals surface area contributed by atoms with Gasteiger partial charge < -0.3 is 10.3 Å². The van der Waals surface area contributed by atoms with Crippen LogP contribution in [0.5, 0.6) is 0 Å². The van der Waals surface area contributed by atoms with Crippen molar-refractivity contribution >= 4 is 23.2 Å². The lowest BCUT2D eigenvalue weighted by molar-refractivity contribution is 0.0784. The van der Waals surface area contributed by atoms with Crippen molar-refractivity contribution < 1.29 is 4.79 Å². The minimum absolute atomic E-state index is 0.0314. The van der Waals surface area contributed by atoms with Crippen LogP contribution in [0.15, 0.2) is 42.5 Å². The van der Waals surface area contributed by atoms with E-state index in [0.717, 1.165) is 16.8 Å². The van der Waals surface area contributed by atoms with Gasteiger partial charge in [-0.25, -0.2) is 0 Å². The zero-order valence-corrected chi connectivity index (χ0v) is 12.8. The number of hydrazine groups is 1. The second-order valence-electron chi connectivity index (χ2n) is 4.97. The van der Waals surface area contributed by atoms with Crippen molar-refractivity contribution in [1.29, 1.82) is 0 Å². The predicted octanol–water partition coefficient (Wildman–Crippen LogP) is 3.21. The average molecular weight is 304 g/mol. The van der Waals surface area contributed by atoms with E-state index in [4.69, 9.17) is 17.4 Å². The topological polar surface area (TPSA) is 58.4 Å². The summed E-state index contributed by atoms with van der Waals surface area (Å²) in [6.07, 6.45) is 0. The van der Waals surface area contributed by atoms with Gasteiger partial charge in [0, 0.05) is 29.9 Å². The molecule has 21 heavy (non-hydrogen) atoms. The van der Waals surface area contributed by atoms with E-state index in [0.29, 0.717) is 17.1 Å². The van der Waals surface area contributed by atoms with E-state index in [1.165, 1.54) is 0 Å². The first-order chi connectivity index (χ1) is 10.0. The van der Waals surface area contributed by atoms with Gasteiger partial charge in [-0.2, -0.15) is 0 Å². The Bertz CT molecular complexity index is 658. The molecule has 2 aromatic rings. The SMILES string of the molecule is Cc1cc(NN)ccc1C(=O)N(C)Cc1cccc(Cl)c1. The monoisotopic (exact) mass is 303 g/mol. The van der Waals surface area contributed by atoms with Crippen LogP contribution in [0.2, 0.25) is 5.02 Å². The maximum Gasteiger partial charge on any atom is 0.254 e. The molecule has 2 aromatic carbocycles. The highest BCUT2D eigenvalue weighted by Crippen LogP contribution is 2.18. The van der Waals surface area contributed by atoms with Crippen LogP contribution in [-0.4, -0.2) is 17.9 Å². The van der Waals surface area contributed by atoms with Crippen molar-refractivity contribution in [3.63, 3.8) is 0 Å². The fourth-order valence-electron chi connectivity index (χ4n) is 2.18. The van der Waals surface area contributed by atoms with Crippen LogP contribution in [0.4, 0.5) is 5.69 Å². The number of nitrogen functional groups attached to an aromatic ring is 1. The molecule has 0 aliphatic rings. The summed E-state index contributed by atoms with van der Waals surface area (Å²) in [5, 5.41) is 0.669. The van der Waals surface area contributed by atoms with E-state index in [2.05, 4.69) is 5.43 Å². The summed E-state index contributed by atoms with van der Waals surface area (Å²) in [4.78, 5) is 14.2. The van der Waals surface area contributed by atoms with E-state index in [1.807, 2.05) is 37.3 Å². The van der Waals surface area contributed by atoms with E-state index in [9.17, 15) is 4.79 Å². The van der Waals surface area contributed by atoms with Gasteiger partial charge in [0.15, 0.2) is 0 Å². The van der Waals surface area contributed by atoms with Crippen LogP contribution in [-0.2, 0) is 6.54 Å². The number of nitrogens with one attached hydrogen (secondary N) is 1. The van der Waals surface area contributed by atoms with Crippen molar-refractivity contribution in [2.75, 3.05) is 12.5 Å². The molecule has 0 aliphatic heterocycles. The number of carbonyl (C=O) groups is 1. The Kier molecular flexibility index (Phi) is 4.83. The largest absolute Gasteiger partial charge is 0.337 e. The summed E-state index contributed by atoms with van der Waals surface area (Å²) >= 11 is 5.96. The number of hydrogen-bond donors (Lipinski definition) is 2. The number of carbonyl (C=O) groups excluding carboxylic acids is 1. The highest BCUT2D eigenvalue weighted by Gasteiger charge is 2.14. The van der Waals surface area contributed by atoms with Crippen LogP contribution >= 0.6 is 11.6 Å². The Labute approximate surface area is 129 Å². The van der Waals surface area contributed by atoms with E-state index < -0.39 is 0 Å². The molecule has 0 spiro atoms. The molecule has 0 saturated heterocycles. The van der Waals surface area contributed by atoms with Crippen LogP contribution < -0.4 is 11.3 Å². The Morgan fingerprint density at radius 3 is 2.67 bits per heavy atom. The Balaban J connectivity index is 2.15. The second-order valence-corrected chi connectivity index (χ2v) is 5.40. The number of hydrogen-bond acceptors (Lipinski definition) is 3. The van der Waals surface area contributed by atoms with Gasteiger partial charge >= 0.3 is 0 Å². The fourth-order valence-corrected chi connectivity index (χ4v) is 2.39. The number of anilines is 1. The van der Waals surface area contributed by atoms with Gasteiger partial charge in [-0.05, 0) is 48.4 Å². The van der Waals surface area contributed by atoms with Crippen LogP contribution in [0.3, 0.4) is 0 Å². The van der Waals surface area contributed by atoms with Gasteiger partial charge in [0.25, 0.3) is 5.91 Å². The lowest BCUT2D eigenvalue weighted by Crippen LogP contribution is -2.27. The smallest absolute Gasteiger partial charge is 0.254 e. The number of aryl methyl sites for hydroxylation is 1. The first-order valence-corrected chi connectivity index (χ1v) is 6.96. The quantitative estimate of drug-likeness (QED) is 0.673. The fraction of sp³-hybridized carbons (Fsp3) is 0.188. The molecule has 0 aromatic heterocycles. The van der Waals surface area contributed by atoms with Crippen molar-refractivity contribution in [2.45, 2.75) is 13.5 Å². The molecular weight excluding hydrogens is 286 g/mol. The molecule has 3 N–H and O–H groups in total. The molecule has 0 atom stereocenters. The molecule has 0 radical (unpaired) electrons. The van der Waals surface area contributed by atoms with Gasteiger partial charge in [0.2, 0.25) is 0 Å². The Morgan fingerprint density at radius 2 is 2.05 bits per heavy atom. The summed E-state index contributed by atoms with van der Waals surface area (Å²) in [6.45, 7) is 2.40. The molecule has 0 heterocycles. The van der Waals surface area contributed by atoms with Crippen molar-refractivity contribution in [3.05, 3.63) is 64.2 Å². The second kappa shape index (κ2) is 6.61. The minimum Gasteiger partial charge on any atom is -0.337 e. The first kappa shape index (κ1) is 15.4. The van der Waals surface area contributed by atoms with Crippen LogP contribution in [0.25, 0.3) is 0 Å². The van der Waals surface area contributed by atoms with Gasteiger partial charge in [0.05, 0.1) is 0 Å². The molecule has 0 unspecified atom stereocenters. The average Bonchev–Trinajstić information content (AvgIpc) is 2.46. The van der Waals surface area contributed by atoms with Gasteiger partial charge in [0.1, 0.15) is 0 Å². The molecule has 1 amide bonds. The van der Waals surface area contributed by atoms with Gasteiger partial charge in [-0.15, -0.1) is 0 Å². The van der Waals surface area contributed by atoms with E-state index >= 15 is 0 Å². The van der Waals surface area contributed by atoms with Crippen molar-refractivity contribution in [1.82, 2.24) is 4.90 Å². The molecular formula is C16H18ClN3O. The number of rotatable bonds is 4. The number of benzene rings is 2. The molecule has 0 saturated carbocycles. The highest BCUT2D eigenvalue weighted by atomic mass is 35.5. The van der Waals surface area contributed by atoms with Crippen LogP contribution in [0.1, 0.15) is 21.5 Å². The summed E-state index contributed by atoms with van der Waals surface area (Å²) in [6, 6.07) is 12.9. The normalized spacial score (nSPS) is 10.3. The maximum atomic E-state index is 12.5. The first-order valence-electron chi connectivity index (χ1n) is 6.58. The summed E-state index contributed by atoms with van der Waals surface area (Å²) in [5.74, 6) is 5.33. The highest BCUT2D eigenvalue weighted by molar-refractivity contribution is 6.30. The number of halogens is 1. The summed E-state index contributed by atoms with van der Waals surface area (Å²) in [5.41, 5.74) is 5.89. The minimum atomic E-state index is -0.0314. The third kappa shape index (κ3) is 3.74. The zero-order valence-electron chi connectivity index (χ0n) is 12.1. The van der Waals surface area contributed by atoms with Gasteiger partial charge in [-0.3, -0.25) is 10.6 Å². The van der Waals surface area contributed by atoms with E-state index in [1.54, 1.807) is 24.1 Å². The van der Waals surface area contributed by atoms with Crippen molar-refractivity contribution in [3.8, 4) is 0 Å². The van der Waals surface area contributed by atoms with Crippen LogP contribution in [0, 0.1) is 6.92 Å². The number of nitrogens with two attached hydrogens (primary N) is 1. The zero-order chi connectivity index (χ0) is 15.4. The molecule has 2 rings (SSSR count). The molecule has 5 heteroatoms. The molecule has 0 aliphatic carbocycles. The molecule has 4 nitrogen and oxygen atoms in total.